The molecule has 0 N–H and O–H groups in total. The van der Waals surface area contributed by atoms with Crippen LogP contribution in [0.2, 0.25) is 0 Å². The van der Waals surface area contributed by atoms with Crippen molar-refractivity contribution in [2.24, 2.45) is 0 Å². The Labute approximate surface area is 119 Å². The highest BCUT2D eigenvalue weighted by Gasteiger charge is 2.15. The average Bonchev–Trinajstić information content (AvgIpc) is 2.53. The SMILES string of the molecule is C#CCn1c(=O)n(-c2ccccc2)c(=O)c2nccnc21. The molecular weight excluding hydrogens is 268 g/mol. The van der Waals surface area contributed by atoms with Crippen molar-refractivity contribution < 1.29 is 0 Å². The number of benzene rings is 1. The van der Waals surface area contributed by atoms with Gasteiger partial charge in [0.1, 0.15) is 0 Å². The quantitative estimate of drug-likeness (QED) is 0.643. The van der Waals surface area contributed by atoms with Crippen molar-refractivity contribution in [3.63, 3.8) is 0 Å². The minimum Gasteiger partial charge on any atom is -0.266 e. The van der Waals surface area contributed by atoms with Gasteiger partial charge < -0.3 is 0 Å². The lowest BCUT2D eigenvalue weighted by atomic mass is 10.3. The van der Waals surface area contributed by atoms with Crippen molar-refractivity contribution >= 4 is 11.2 Å². The number of hydrogen-bond acceptors (Lipinski definition) is 4. The van der Waals surface area contributed by atoms with Gasteiger partial charge in [0.2, 0.25) is 0 Å². The summed E-state index contributed by atoms with van der Waals surface area (Å²) in [6.45, 7) is 0.0150. The van der Waals surface area contributed by atoms with Gasteiger partial charge in [-0.2, -0.15) is 0 Å². The second-order valence-electron chi connectivity index (χ2n) is 4.28. The summed E-state index contributed by atoms with van der Waals surface area (Å²) in [4.78, 5) is 33.1. The van der Waals surface area contributed by atoms with E-state index < -0.39 is 11.2 Å². The molecule has 0 bridgehead atoms. The molecule has 0 aliphatic heterocycles. The first-order valence-corrected chi connectivity index (χ1v) is 6.19. The number of fused-ring (bicyclic) bond motifs is 1. The van der Waals surface area contributed by atoms with Crippen molar-refractivity contribution in [3.05, 3.63) is 63.6 Å². The molecule has 6 nitrogen and oxygen atoms in total. The Bertz CT molecular complexity index is 965. The van der Waals surface area contributed by atoms with Crippen LogP contribution in [-0.2, 0) is 6.54 Å². The molecule has 0 radical (unpaired) electrons. The molecular formula is C15H10N4O2. The van der Waals surface area contributed by atoms with Gasteiger partial charge in [-0.15, -0.1) is 6.42 Å². The molecule has 0 fully saturated rings. The fraction of sp³-hybridized carbons (Fsp3) is 0.0667. The Balaban J connectivity index is 2.50. The highest BCUT2D eigenvalue weighted by Crippen LogP contribution is 2.05. The van der Waals surface area contributed by atoms with Gasteiger partial charge in [-0.1, -0.05) is 24.1 Å². The summed E-state index contributed by atoms with van der Waals surface area (Å²) in [7, 11) is 0. The Morgan fingerprint density at radius 3 is 2.52 bits per heavy atom. The van der Waals surface area contributed by atoms with Gasteiger partial charge in [0.05, 0.1) is 12.2 Å². The van der Waals surface area contributed by atoms with Crippen LogP contribution in [0.5, 0.6) is 0 Å². The van der Waals surface area contributed by atoms with Gasteiger partial charge in [-0.25, -0.2) is 19.3 Å². The second-order valence-corrected chi connectivity index (χ2v) is 4.28. The molecule has 1 aromatic carbocycles. The van der Waals surface area contributed by atoms with E-state index in [2.05, 4.69) is 15.9 Å². The molecule has 2 aromatic heterocycles. The van der Waals surface area contributed by atoms with E-state index in [1.54, 1.807) is 30.3 Å². The monoisotopic (exact) mass is 278 g/mol. The predicted molar refractivity (Wildman–Crippen MR) is 78.2 cm³/mol. The molecule has 0 amide bonds. The van der Waals surface area contributed by atoms with Crippen LogP contribution in [0.1, 0.15) is 0 Å². The first-order chi connectivity index (χ1) is 10.2. The molecule has 0 unspecified atom stereocenters. The van der Waals surface area contributed by atoms with Gasteiger partial charge in [0.15, 0.2) is 11.2 Å². The third-order valence-corrected chi connectivity index (χ3v) is 3.03. The largest absolute Gasteiger partial charge is 0.338 e. The third-order valence-electron chi connectivity index (χ3n) is 3.03. The van der Waals surface area contributed by atoms with Crippen LogP contribution in [0.15, 0.2) is 52.3 Å². The molecule has 102 valence electrons. The smallest absolute Gasteiger partial charge is 0.266 e. The van der Waals surface area contributed by atoms with E-state index >= 15 is 0 Å². The normalized spacial score (nSPS) is 10.4. The topological polar surface area (TPSA) is 69.8 Å². The zero-order valence-electron chi connectivity index (χ0n) is 10.9. The molecule has 0 saturated carbocycles. The van der Waals surface area contributed by atoms with Crippen molar-refractivity contribution in [1.82, 2.24) is 19.1 Å². The molecule has 3 aromatic rings. The molecule has 0 saturated heterocycles. The average molecular weight is 278 g/mol. The number of hydrogen-bond donors (Lipinski definition) is 0. The van der Waals surface area contributed by atoms with Crippen LogP contribution in [-0.4, -0.2) is 19.1 Å². The van der Waals surface area contributed by atoms with Gasteiger partial charge in [0.25, 0.3) is 5.56 Å². The Hall–Kier alpha value is -3.20. The predicted octanol–water partition coefficient (Wildman–Crippen LogP) is 0.576. The van der Waals surface area contributed by atoms with Crippen LogP contribution in [0.25, 0.3) is 16.9 Å². The molecule has 0 aliphatic rings. The van der Waals surface area contributed by atoms with Gasteiger partial charge in [0, 0.05) is 12.4 Å². The number of terminal acetylenes is 1. The minimum atomic E-state index is -0.530. The molecule has 6 heteroatoms. The van der Waals surface area contributed by atoms with Crippen molar-refractivity contribution in [3.8, 4) is 18.0 Å². The summed E-state index contributed by atoms with van der Waals surface area (Å²) >= 11 is 0. The van der Waals surface area contributed by atoms with E-state index in [0.29, 0.717) is 5.69 Å². The maximum atomic E-state index is 12.6. The number of aromatic nitrogens is 4. The zero-order chi connectivity index (χ0) is 14.8. The number of nitrogens with zero attached hydrogens (tertiary/aromatic N) is 4. The van der Waals surface area contributed by atoms with Gasteiger partial charge >= 0.3 is 5.69 Å². The molecule has 0 aliphatic carbocycles. The lowest BCUT2D eigenvalue weighted by Gasteiger charge is -2.10. The summed E-state index contributed by atoms with van der Waals surface area (Å²) in [5.41, 5.74) is -0.278. The highest BCUT2D eigenvalue weighted by molar-refractivity contribution is 5.68. The summed E-state index contributed by atoms with van der Waals surface area (Å²) < 4.78 is 2.31. The first-order valence-electron chi connectivity index (χ1n) is 6.19. The Kier molecular flexibility index (Phi) is 3.09. The summed E-state index contributed by atoms with van der Waals surface area (Å²) in [6, 6.07) is 8.63. The summed E-state index contributed by atoms with van der Waals surface area (Å²) in [5, 5.41) is 0. The van der Waals surface area contributed by atoms with E-state index in [9.17, 15) is 9.59 Å². The molecule has 21 heavy (non-hydrogen) atoms. The fourth-order valence-corrected chi connectivity index (χ4v) is 2.12. The Morgan fingerprint density at radius 2 is 1.81 bits per heavy atom. The van der Waals surface area contributed by atoms with Gasteiger partial charge in [-0.3, -0.25) is 9.36 Å². The minimum absolute atomic E-state index is 0.0150. The highest BCUT2D eigenvalue weighted by atomic mass is 16.2. The molecule has 3 rings (SSSR count). The summed E-state index contributed by atoms with van der Waals surface area (Å²) in [5.74, 6) is 2.39. The second kappa shape index (κ2) is 5.06. The van der Waals surface area contributed by atoms with Crippen LogP contribution >= 0.6 is 0 Å². The van der Waals surface area contributed by atoms with E-state index in [4.69, 9.17) is 6.42 Å². The van der Waals surface area contributed by atoms with Crippen LogP contribution < -0.4 is 11.2 Å². The number of para-hydroxylation sites is 1. The van der Waals surface area contributed by atoms with E-state index in [1.807, 2.05) is 0 Å². The van der Waals surface area contributed by atoms with Crippen molar-refractivity contribution in [1.29, 1.82) is 0 Å². The van der Waals surface area contributed by atoms with Gasteiger partial charge in [-0.05, 0) is 12.1 Å². The lowest BCUT2D eigenvalue weighted by Crippen LogP contribution is -2.39. The third kappa shape index (κ3) is 2.01. The van der Waals surface area contributed by atoms with Crippen LogP contribution in [0.4, 0.5) is 0 Å². The van der Waals surface area contributed by atoms with E-state index in [-0.39, 0.29) is 17.7 Å². The molecule has 2 heterocycles. The van der Waals surface area contributed by atoms with E-state index in [0.717, 1.165) is 4.57 Å². The maximum Gasteiger partial charge on any atom is 0.338 e. The maximum absolute atomic E-state index is 12.6. The van der Waals surface area contributed by atoms with Crippen LogP contribution in [0.3, 0.4) is 0 Å². The van der Waals surface area contributed by atoms with Crippen molar-refractivity contribution in [2.75, 3.05) is 0 Å². The van der Waals surface area contributed by atoms with E-state index in [1.165, 1.54) is 17.0 Å². The fourth-order valence-electron chi connectivity index (χ4n) is 2.12. The zero-order valence-corrected chi connectivity index (χ0v) is 10.9. The Morgan fingerprint density at radius 1 is 1.10 bits per heavy atom. The first kappa shape index (κ1) is 12.8. The lowest BCUT2D eigenvalue weighted by molar-refractivity contribution is 0.725. The van der Waals surface area contributed by atoms with Crippen LogP contribution in [0, 0.1) is 12.3 Å². The number of rotatable bonds is 2. The summed E-state index contributed by atoms with van der Waals surface area (Å²) in [6.07, 6.45) is 8.13. The standard InChI is InChI=1S/C15H10N4O2/c1-2-10-18-13-12(16-8-9-17-13)14(20)19(15(18)21)11-6-4-3-5-7-11/h1,3-9H,10H2. The van der Waals surface area contributed by atoms with Crippen molar-refractivity contribution in [2.45, 2.75) is 6.54 Å². The molecule has 0 spiro atoms. The molecule has 0 atom stereocenters.